The fraction of sp³-hybridized carbons (Fsp3) is 0.632. The third-order valence-corrected chi connectivity index (χ3v) is 5.42. The van der Waals surface area contributed by atoms with Crippen LogP contribution in [0.4, 0.5) is 0 Å². The van der Waals surface area contributed by atoms with Crippen LogP contribution in [0, 0.1) is 22.0 Å². The zero-order valence-corrected chi connectivity index (χ0v) is 14.9. The molecule has 1 aliphatic carbocycles. The van der Waals surface area contributed by atoms with Crippen molar-refractivity contribution in [1.29, 1.82) is 0 Å². The van der Waals surface area contributed by atoms with Crippen molar-refractivity contribution in [2.24, 2.45) is 11.8 Å². The van der Waals surface area contributed by atoms with Gasteiger partial charge in [0, 0.05) is 17.8 Å². The van der Waals surface area contributed by atoms with Gasteiger partial charge in [-0.2, -0.15) is 0 Å². The Balaban J connectivity index is 2.22. The van der Waals surface area contributed by atoms with Crippen molar-refractivity contribution < 1.29 is 14.5 Å². The molecule has 0 heterocycles. The second-order valence-electron chi connectivity index (χ2n) is 7.55. The highest BCUT2D eigenvalue weighted by atomic mass is 16.6. The highest BCUT2D eigenvalue weighted by Crippen LogP contribution is 2.43. The Hall–Kier alpha value is -1.91. The lowest BCUT2D eigenvalue weighted by atomic mass is 9.64. The summed E-state index contributed by atoms with van der Waals surface area (Å²) >= 11 is 0. The van der Waals surface area contributed by atoms with E-state index in [1.165, 1.54) is 12.5 Å². The van der Waals surface area contributed by atoms with Gasteiger partial charge in [-0.1, -0.05) is 57.5 Å². The molecule has 1 fully saturated rings. The van der Waals surface area contributed by atoms with Crippen LogP contribution in [0.3, 0.4) is 0 Å². The van der Waals surface area contributed by atoms with Gasteiger partial charge in [0.2, 0.25) is 0 Å². The van der Waals surface area contributed by atoms with E-state index in [2.05, 4.69) is 32.9 Å². The molecule has 0 radical (unpaired) electrons. The SMILES string of the molecule is CC(C(=O)O[C@@H]1C[C@H](C)CC[C@H]1C(C)(C)c1ccccc1)[N+](=O)[O-]. The average Bonchev–Trinajstić information content (AvgIpc) is 2.54. The maximum Gasteiger partial charge on any atom is 0.381 e. The third-order valence-electron chi connectivity index (χ3n) is 5.42. The summed E-state index contributed by atoms with van der Waals surface area (Å²) in [5, 5.41) is 10.9. The van der Waals surface area contributed by atoms with Crippen LogP contribution in [0.1, 0.15) is 52.5 Å². The summed E-state index contributed by atoms with van der Waals surface area (Å²) < 4.78 is 5.62. The van der Waals surface area contributed by atoms with Gasteiger partial charge < -0.3 is 4.74 Å². The molecule has 4 atom stereocenters. The Labute approximate surface area is 143 Å². The first kappa shape index (κ1) is 18.4. The summed E-state index contributed by atoms with van der Waals surface area (Å²) in [5.41, 5.74) is 1.04. The van der Waals surface area contributed by atoms with Gasteiger partial charge in [-0.15, -0.1) is 0 Å². The number of hydrogen-bond donors (Lipinski definition) is 0. The highest BCUT2D eigenvalue weighted by Gasteiger charge is 2.43. The summed E-state index contributed by atoms with van der Waals surface area (Å²) in [5.74, 6) is -0.122. The molecule has 0 aromatic heterocycles. The molecule has 1 aliphatic rings. The lowest BCUT2D eigenvalue weighted by Crippen LogP contribution is -2.45. The van der Waals surface area contributed by atoms with Crippen LogP contribution in [0.25, 0.3) is 0 Å². The smallest absolute Gasteiger partial charge is 0.381 e. The van der Waals surface area contributed by atoms with E-state index >= 15 is 0 Å². The zero-order valence-electron chi connectivity index (χ0n) is 14.9. The van der Waals surface area contributed by atoms with Gasteiger partial charge in [0.15, 0.2) is 0 Å². The van der Waals surface area contributed by atoms with Crippen LogP contribution < -0.4 is 0 Å². The quantitative estimate of drug-likeness (QED) is 0.464. The molecule has 0 saturated heterocycles. The molecule has 1 aromatic carbocycles. The molecule has 1 unspecified atom stereocenters. The first-order valence-corrected chi connectivity index (χ1v) is 8.63. The second-order valence-corrected chi connectivity index (χ2v) is 7.55. The number of carbonyl (C=O) groups excluding carboxylic acids is 1. The summed E-state index contributed by atoms with van der Waals surface area (Å²) in [7, 11) is 0. The molecular formula is C19H27NO4. The molecule has 132 valence electrons. The molecule has 0 N–H and O–H groups in total. The summed E-state index contributed by atoms with van der Waals surface area (Å²) in [4.78, 5) is 22.4. The van der Waals surface area contributed by atoms with E-state index in [1.54, 1.807) is 0 Å². The largest absolute Gasteiger partial charge is 0.457 e. The molecule has 24 heavy (non-hydrogen) atoms. The Morgan fingerprint density at radius 2 is 1.92 bits per heavy atom. The summed E-state index contributed by atoms with van der Waals surface area (Å²) in [6, 6.07) is 8.88. The lowest BCUT2D eigenvalue weighted by molar-refractivity contribution is -0.506. The number of benzene rings is 1. The normalized spacial score (nSPS) is 25.8. The van der Waals surface area contributed by atoms with E-state index in [9.17, 15) is 14.9 Å². The van der Waals surface area contributed by atoms with Gasteiger partial charge in [-0.05, 0) is 29.7 Å². The third kappa shape index (κ3) is 3.94. The minimum Gasteiger partial charge on any atom is -0.457 e. The molecule has 1 aromatic rings. The standard InChI is InChI=1S/C19H27NO4/c1-13-10-11-16(19(3,4)15-8-6-5-7-9-15)17(12-13)24-18(21)14(2)20(22)23/h5-9,13-14,16-17H,10-12H2,1-4H3/t13-,14?,16-,17-/m1/s1. The number of rotatable bonds is 5. The van der Waals surface area contributed by atoms with E-state index in [1.807, 2.05) is 18.2 Å². The molecule has 1 saturated carbocycles. The van der Waals surface area contributed by atoms with Crippen molar-refractivity contribution in [3.8, 4) is 0 Å². The number of esters is 1. The van der Waals surface area contributed by atoms with Crippen LogP contribution in [-0.4, -0.2) is 23.0 Å². The number of hydrogen-bond acceptors (Lipinski definition) is 4. The number of nitrogens with zero attached hydrogens (tertiary/aromatic N) is 1. The fourth-order valence-corrected chi connectivity index (χ4v) is 3.70. The van der Waals surface area contributed by atoms with E-state index < -0.39 is 16.9 Å². The minimum atomic E-state index is -1.32. The molecule has 0 aliphatic heterocycles. The summed E-state index contributed by atoms with van der Waals surface area (Å²) in [6.07, 6.45) is 2.52. The van der Waals surface area contributed by atoms with Gasteiger partial charge >= 0.3 is 12.0 Å². The Bertz CT molecular complexity index is 584. The van der Waals surface area contributed by atoms with Crippen molar-refractivity contribution in [1.82, 2.24) is 0 Å². The van der Waals surface area contributed by atoms with Crippen LogP contribution in [0.15, 0.2) is 30.3 Å². The highest BCUT2D eigenvalue weighted by molar-refractivity contribution is 5.74. The molecular weight excluding hydrogens is 306 g/mol. The van der Waals surface area contributed by atoms with Crippen LogP contribution in [0.2, 0.25) is 0 Å². The first-order chi connectivity index (χ1) is 11.2. The van der Waals surface area contributed by atoms with Crippen molar-refractivity contribution in [3.63, 3.8) is 0 Å². The number of carbonyl (C=O) groups is 1. The van der Waals surface area contributed by atoms with Gasteiger partial charge in [-0.3, -0.25) is 10.1 Å². The van der Waals surface area contributed by atoms with Crippen molar-refractivity contribution >= 4 is 5.97 Å². The number of ether oxygens (including phenoxy) is 1. The summed E-state index contributed by atoms with van der Waals surface area (Å²) in [6.45, 7) is 7.76. The zero-order chi connectivity index (χ0) is 17.9. The minimum absolute atomic E-state index is 0.152. The number of nitro groups is 1. The Kier molecular flexibility index (Phi) is 5.62. The lowest BCUT2D eigenvalue weighted by Gasteiger charge is -2.43. The predicted molar refractivity (Wildman–Crippen MR) is 92.3 cm³/mol. The van der Waals surface area contributed by atoms with Crippen LogP contribution in [-0.2, 0) is 14.9 Å². The maximum atomic E-state index is 12.1. The maximum absolute atomic E-state index is 12.1. The fourth-order valence-electron chi connectivity index (χ4n) is 3.70. The second kappa shape index (κ2) is 7.32. The first-order valence-electron chi connectivity index (χ1n) is 8.63. The van der Waals surface area contributed by atoms with E-state index in [0.717, 1.165) is 19.3 Å². The van der Waals surface area contributed by atoms with E-state index in [-0.39, 0.29) is 17.4 Å². The molecule has 0 amide bonds. The monoisotopic (exact) mass is 333 g/mol. The van der Waals surface area contributed by atoms with Crippen molar-refractivity contribution in [2.45, 2.75) is 64.5 Å². The molecule has 0 spiro atoms. The Morgan fingerprint density at radius 1 is 1.29 bits per heavy atom. The van der Waals surface area contributed by atoms with Crippen molar-refractivity contribution in [2.75, 3.05) is 0 Å². The van der Waals surface area contributed by atoms with Gasteiger partial charge in [-0.25, -0.2) is 4.79 Å². The Morgan fingerprint density at radius 3 is 2.50 bits per heavy atom. The van der Waals surface area contributed by atoms with E-state index in [0.29, 0.717) is 5.92 Å². The molecule has 5 heteroatoms. The topological polar surface area (TPSA) is 69.4 Å². The molecule has 0 bridgehead atoms. The van der Waals surface area contributed by atoms with Crippen molar-refractivity contribution in [3.05, 3.63) is 46.0 Å². The van der Waals surface area contributed by atoms with E-state index in [4.69, 9.17) is 4.74 Å². The predicted octanol–water partition coefficient (Wildman–Crippen LogP) is 3.98. The van der Waals surface area contributed by atoms with Gasteiger partial charge in [0.05, 0.1) is 0 Å². The van der Waals surface area contributed by atoms with Gasteiger partial charge in [0.25, 0.3) is 0 Å². The average molecular weight is 333 g/mol. The van der Waals surface area contributed by atoms with Crippen LogP contribution in [0.5, 0.6) is 0 Å². The molecule has 2 rings (SSSR count). The van der Waals surface area contributed by atoms with Gasteiger partial charge in [0.1, 0.15) is 6.10 Å². The van der Waals surface area contributed by atoms with Crippen LogP contribution >= 0.6 is 0 Å². The molecule has 5 nitrogen and oxygen atoms in total.